The van der Waals surface area contributed by atoms with Crippen LogP contribution in [0.25, 0.3) is 0 Å². The first-order valence-corrected chi connectivity index (χ1v) is 5.49. The topological polar surface area (TPSA) is 99.1 Å². The maximum absolute atomic E-state index is 10.9. The van der Waals surface area contributed by atoms with E-state index in [0.29, 0.717) is 12.1 Å². The van der Waals surface area contributed by atoms with Crippen LogP contribution < -0.4 is 5.73 Å². The van der Waals surface area contributed by atoms with Crippen LogP contribution in [0.1, 0.15) is 42.2 Å². The minimum absolute atomic E-state index is 0.0657. The van der Waals surface area contributed by atoms with Crippen molar-refractivity contribution in [3.05, 3.63) is 33.6 Å². The Morgan fingerprint density at radius 1 is 1.53 bits per heavy atom. The average Bonchev–Trinajstić information content (AvgIpc) is 2.29. The average molecular weight is 237 g/mol. The molecule has 0 saturated heterocycles. The Morgan fingerprint density at radius 3 is 2.76 bits per heavy atom. The first kappa shape index (κ1) is 13.1. The van der Waals surface area contributed by atoms with Gasteiger partial charge in [0.05, 0.1) is 10.5 Å². The van der Waals surface area contributed by atoms with Gasteiger partial charge in [-0.25, -0.2) is 0 Å². The number of unbranched alkanes of at least 4 members (excludes halogenated alkanes) is 2. The Hall–Kier alpha value is -1.98. The van der Waals surface area contributed by atoms with Crippen molar-refractivity contribution in [1.29, 1.82) is 0 Å². The van der Waals surface area contributed by atoms with E-state index in [1.165, 1.54) is 12.3 Å². The molecule has 0 saturated carbocycles. The number of nitro groups is 1. The number of carbonyl (C=O) groups is 1. The van der Waals surface area contributed by atoms with Gasteiger partial charge in [0, 0.05) is 12.3 Å². The van der Waals surface area contributed by atoms with Crippen molar-refractivity contribution in [2.24, 2.45) is 5.73 Å². The van der Waals surface area contributed by atoms with Crippen LogP contribution in [0, 0.1) is 10.1 Å². The van der Waals surface area contributed by atoms with E-state index in [2.05, 4.69) is 11.9 Å². The van der Waals surface area contributed by atoms with Crippen molar-refractivity contribution in [2.75, 3.05) is 0 Å². The van der Waals surface area contributed by atoms with Gasteiger partial charge in [0.2, 0.25) is 0 Å². The summed E-state index contributed by atoms with van der Waals surface area (Å²) in [5, 5.41) is 10.8. The molecule has 1 aromatic rings. The second kappa shape index (κ2) is 5.93. The quantitative estimate of drug-likeness (QED) is 0.463. The lowest BCUT2D eigenvalue weighted by Crippen LogP contribution is -2.12. The predicted octanol–water partition coefficient (Wildman–Crippen LogP) is 1.82. The fourth-order valence-corrected chi connectivity index (χ4v) is 1.51. The highest BCUT2D eigenvalue weighted by Crippen LogP contribution is 2.19. The molecule has 6 nitrogen and oxygen atoms in total. The van der Waals surface area contributed by atoms with Crippen molar-refractivity contribution in [2.45, 2.75) is 32.6 Å². The van der Waals surface area contributed by atoms with Gasteiger partial charge in [0.25, 0.3) is 11.6 Å². The summed E-state index contributed by atoms with van der Waals surface area (Å²) >= 11 is 0. The summed E-state index contributed by atoms with van der Waals surface area (Å²) < 4.78 is 0. The van der Waals surface area contributed by atoms with Gasteiger partial charge in [-0.05, 0) is 12.8 Å². The molecule has 0 radical (unpaired) electrons. The van der Waals surface area contributed by atoms with Crippen LogP contribution in [-0.4, -0.2) is 15.8 Å². The van der Waals surface area contributed by atoms with Gasteiger partial charge in [-0.15, -0.1) is 0 Å². The van der Waals surface area contributed by atoms with E-state index in [4.69, 9.17) is 5.73 Å². The fraction of sp³-hybridized carbons (Fsp3) is 0.455. The zero-order chi connectivity index (χ0) is 12.8. The second-order valence-electron chi connectivity index (χ2n) is 3.77. The molecule has 1 heterocycles. The molecule has 0 unspecified atom stereocenters. The van der Waals surface area contributed by atoms with E-state index < -0.39 is 10.8 Å². The Kier molecular flexibility index (Phi) is 4.56. The van der Waals surface area contributed by atoms with E-state index in [0.717, 1.165) is 19.3 Å². The van der Waals surface area contributed by atoms with E-state index >= 15 is 0 Å². The fourth-order valence-electron chi connectivity index (χ4n) is 1.51. The molecule has 0 aromatic carbocycles. The summed E-state index contributed by atoms with van der Waals surface area (Å²) in [5.74, 6) is -0.708. The summed E-state index contributed by atoms with van der Waals surface area (Å²) in [7, 11) is 0. The highest BCUT2D eigenvalue weighted by Gasteiger charge is 2.17. The van der Waals surface area contributed by atoms with Crippen LogP contribution in [0.4, 0.5) is 5.69 Å². The highest BCUT2D eigenvalue weighted by molar-refractivity contribution is 5.93. The lowest BCUT2D eigenvalue weighted by Gasteiger charge is -2.03. The maximum atomic E-state index is 10.9. The molecule has 6 heteroatoms. The summed E-state index contributed by atoms with van der Waals surface area (Å²) in [6.45, 7) is 2.05. The number of hydrogen-bond donors (Lipinski definition) is 1. The zero-order valence-corrected chi connectivity index (χ0v) is 9.68. The molecule has 92 valence electrons. The smallest absolute Gasteiger partial charge is 0.291 e. The molecule has 0 aliphatic rings. The van der Waals surface area contributed by atoms with E-state index in [1.807, 2.05) is 0 Å². The first-order chi connectivity index (χ1) is 8.06. The number of primary amides is 1. The molecule has 0 fully saturated rings. The van der Waals surface area contributed by atoms with E-state index in [9.17, 15) is 14.9 Å². The number of pyridine rings is 1. The molecule has 0 aliphatic carbocycles. The van der Waals surface area contributed by atoms with Crippen molar-refractivity contribution in [3.63, 3.8) is 0 Å². The van der Waals surface area contributed by atoms with Gasteiger partial charge in [-0.2, -0.15) is 0 Å². The Bertz CT molecular complexity index is 432. The standard InChI is InChI=1S/C11H15N3O3/c1-2-3-4-5-9-10(14(16)17)6-8(7-13-9)11(12)15/h6-7H,2-5H2,1H3,(H2,12,15). The Labute approximate surface area is 99.0 Å². The Balaban J connectivity index is 2.96. The highest BCUT2D eigenvalue weighted by atomic mass is 16.6. The molecule has 0 spiro atoms. The van der Waals surface area contributed by atoms with Gasteiger partial charge in [-0.3, -0.25) is 19.9 Å². The molecule has 0 aliphatic heterocycles. The molecule has 1 rings (SSSR count). The minimum Gasteiger partial charge on any atom is -0.366 e. The molecule has 0 atom stereocenters. The monoisotopic (exact) mass is 237 g/mol. The van der Waals surface area contributed by atoms with Crippen molar-refractivity contribution >= 4 is 11.6 Å². The molecular weight excluding hydrogens is 222 g/mol. The van der Waals surface area contributed by atoms with Gasteiger partial charge >= 0.3 is 0 Å². The Morgan fingerprint density at radius 2 is 2.24 bits per heavy atom. The summed E-state index contributed by atoms with van der Waals surface area (Å²) in [6, 6.07) is 1.19. The van der Waals surface area contributed by atoms with Crippen LogP contribution in [-0.2, 0) is 6.42 Å². The second-order valence-corrected chi connectivity index (χ2v) is 3.77. The van der Waals surface area contributed by atoms with Crippen molar-refractivity contribution < 1.29 is 9.72 Å². The molecule has 1 amide bonds. The van der Waals surface area contributed by atoms with Gasteiger partial charge in [0.15, 0.2) is 0 Å². The normalized spacial score (nSPS) is 10.2. The van der Waals surface area contributed by atoms with Gasteiger partial charge in [-0.1, -0.05) is 19.8 Å². The van der Waals surface area contributed by atoms with Crippen LogP contribution in [0.5, 0.6) is 0 Å². The maximum Gasteiger partial charge on any atom is 0.291 e. The van der Waals surface area contributed by atoms with Crippen LogP contribution in [0.3, 0.4) is 0 Å². The molecule has 0 bridgehead atoms. The van der Waals surface area contributed by atoms with Crippen LogP contribution in [0.2, 0.25) is 0 Å². The third-order valence-corrected chi connectivity index (χ3v) is 2.45. The summed E-state index contributed by atoms with van der Waals surface area (Å²) in [6.07, 6.45) is 4.71. The number of aryl methyl sites for hydroxylation is 1. The number of aromatic nitrogens is 1. The lowest BCUT2D eigenvalue weighted by atomic mass is 10.1. The third-order valence-electron chi connectivity index (χ3n) is 2.45. The minimum atomic E-state index is -0.708. The van der Waals surface area contributed by atoms with Crippen LogP contribution in [0.15, 0.2) is 12.3 Å². The van der Waals surface area contributed by atoms with Gasteiger partial charge < -0.3 is 5.73 Å². The number of rotatable bonds is 6. The van der Waals surface area contributed by atoms with Crippen molar-refractivity contribution in [1.82, 2.24) is 4.98 Å². The van der Waals surface area contributed by atoms with Crippen LogP contribution >= 0.6 is 0 Å². The molecular formula is C11H15N3O3. The number of nitrogens with zero attached hydrogens (tertiary/aromatic N) is 2. The number of carbonyl (C=O) groups excluding carboxylic acids is 1. The first-order valence-electron chi connectivity index (χ1n) is 5.49. The lowest BCUT2D eigenvalue weighted by molar-refractivity contribution is -0.386. The molecule has 1 aromatic heterocycles. The SMILES string of the molecule is CCCCCc1ncc(C(N)=O)cc1[N+](=O)[O-]. The van der Waals surface area contributed by atoms with Gasteiger partial charge in [0.1, 0.15) is 5.69 Å². The predicted molar refractivity (Wildman–Crippen MR) is 62.6 cm³/mol. The van der Waals surface area contributed by atoms with E-state index in [1.54, 1.807) is 0 Å². The number of hydrogen-bond acceptors (Lipinski definition) is 4. The summed E-state index contributed by atoms with van der Waals surface area (Å²) in [4.78, 5) is 25.2. The molecule has 17 heavy (non-hydrogen) atoms. The zero-order valence-electron chi connectivity index (χ0n) is 9.68. The third kappa shape index (κ3) is 3.51. The van der Waals surface area contributed by atoms with E-state index in [-0.39, 0.29) is 11.3 Å². The molecule has 2 N–H and O–H groups in total. The van der Waals surface area contributed by atoms with Crippen molar-refractivity contribution in [3.8, 4) is 0 Å². The number of amides is 1. The largest absolute Gasteiger partial charge is 0.366 e. The summed E-state index contributed by atoms with van der Waals surface area (Å²) in [5.41, 5.74) is 5.40. The number of nitrogens with two attached hydrogens (primary N) is 1.